The van der Waals surface area contributed by atoms with Crippen LogP contribution in [0.5, 0.6) is 5.75 Å². The van der Waals surface area contributed by atoms with E-state index in [2.05, 4.69) is 22.1 Å². The van der Waals surface area contributed by atoms with Crippen molar-refractivity contribution in [2.75, 3.05) is 19.0 Å². The molecule has 0 bridgehead atoms. The van der Waals surface area contributed by atoms with Crippen molar-refractivity contribution in [2.24, 2.45) is 0 Å². The minimum absolute atomic E-state index is 0.212. The highest BCUT2D eigenvalue weighted by atomic mass is 16.5. The zero-order chi connectivity index (χ0) is 15.1. The molecule has 2 aromatic rings. The molecule has 2 rings (SSSR count). The molecule has 21 heavy (non-hydrogen) atoms. The Kier molecular flexibility index (Phi) is 4.91. The summed E-state index contributed by atoms with van der Waals surface area (Å²) >= 11 is 0. The molecule has 0 aliphatic heterocycles. The topological polar surface area (TPSA) is 71.5 Å². The summed E-state index contributed by atoms with van der Waals surface area (Å²) in [5.74, 6) is 6.12. The van der Waals surface area contributed by atoms with E-state index in [9.17, 15) is 4.79 Å². The van der Waals surface area contributed by atoms with Crippen LogP contribution in [-0.2, 0) is 0 Å². The number of rotatable bonds is 3. The third kappa shape index (κ3) is 4.06. The van der Waals surface area contributed by atoms with Gasteiger partial charge in [-0.3, -0.25) is 4.79 Å². The van der Waals surface area contributed by atoms with Crippen LogP contribution in [0, 0.1) is 11.8 Å². The number of nitrogens with one attached hydrogen (secondary N) is 1. The van der Waals surface area contributed by atoms with Gasteiger partial charge in [-0.1, -0.05) is 11.8 Å². The Bertz CT molecular complexity index is 685. The Labute approximate surface area is 122 Å². The number of hydrogen-bond acceptors (Lipinski definition) is 4. The second-order valence-corrected chi connectivity index (χ2v) is 4.07. The van der Waals surface area contributed by atoms with Crippen LogP contribution in [0.15, 0.2) is 42.6 Å². The van der Waals surface area contributed by atoms with Gasteiger partial charge in [-0.15, -0.1) is 0 Å². The first kappa shape index (κ1) is 14.6. The van der Waals surface area contributed by atoms with E-state index in [0.717, 1.165) is 0 Å². The molecule has 0 aliphatic carbocycles. The SMILES string of the molecule is COc1ccc(C(=O)Nc2cc(C#CCO)ccn2)cc1. The first-order chi connectivity index (χ1) is 10.2. The molecule has 1 amide bonds. The maximum atomic E-state index is 12.1. The van der Waals surface area contributed by atoms with Gasteiger partial charge in [0.25, 0.3) is 5.91 Å². The average Bonchev–Trinajstić information content (AvgIpc) is 2.53. The van der Waals surface area contributed by atoms with Crippen molar-refractivity contribution < 1.29 is 14.6 Å². The highest BCUT2D eigenvalue weighted by Crippen LogP contribution is 2.13. The standard InChI is InChI=1S/C16H14N2O3/c1-21-14-6-4-13(5-7-14)16(20)18-15-11-12(3-2-10-19)8-9-17-15/h4-9,11,19H,10H2,1H3,(H,17,18,20). The quantitative estimate of drug-likeness (QED) is 0.840. The van der Waals surface area contributed by atoms with Gasteiger partial charge < -0.3 is 15.2 Å². The summed E-state index contributed by atoms with van der Waals surface area (Å²) in [4.78, 5) is 16.1. The van der Waals surface area contributed by atoms with Crippen LogP contribution in [-0.4, -0.2) is 29.7 Å². The normalized spacial score (nSPS) is 9.43. The van der Waals surface area contributed by atoms with E-state index in [1.54, 1.807) is 49.7 Å². The number of hydrogen-bond donors (Lipinski definition) is 2. The molecule has 2 N–H and O–H groups in total. The molecule has 1 heterocycles. The maximum absolute atomic E-state index is 12.1. The molecule has 0 spiro atoms. The zero-order valence-corrected chi connectivity index (χ0v) is 11.5. The molecule has 0 unspecified atom stereocenters. The lowest BCUT2D eigenvalue weighted by Gasteiger charge is -2.05. The summed E-state index contributed by atoms with van der Waals surface area (Å²) in [7, 11) is 1.57. The Morgan fingerprint density at radius 2 is 2.10 bits per heavy atom. The first-order valence-electron chi connectivity index (χ1n) is 6.24. The number of ether oxygens (including phenoxy) is 1. The Morgan fingerprint density at radius 3 is 2.76 bits per heavy atom. The molecule has 0 radical (unpaired) electrons. The molecule has 0 saturated carbocycles. The third-order valence-corrected chi connectivity index (χ3v) is 2.67. The van der Waals surface area contributed by atoms with E-state index >= 15 is 0 Å². The molecule has 0 fully saturated rings. The van der Waals surface area contributed by atoms with E-state index in [1.807, 2.05) is 0 Å². The fourth-order valence-corrected chi connectivity index (χ4v) is 1.65. The van der Waals surface area contributed by atoms with Gasteiger partial charge in [0.2, 0.25) is 0 Å². The summed E-state index contributed by atoms with van der Waals surface area (Å²) in [6, 6.07) is 10.1. The molecular weight excluding hydrogens is 268 g/mol. The first-order valence-corrected chi connectivity index (χ1v) is 6.24. The van der Waals surface area contributed by atoms with Crippen LogP contribution in [0.2, 0.25) is 0 Å². The molecule has 0 aliphatic rings. The molecule has 1 aromatic heterocycles. The van der Waals surface area contributed by atoms with Crippen molar-refractivity contribution in [3.05, 3.63) is 53.7 Å². The lowest BCUT2D eigenvalue weighted by atomic mass is 10.2. The second-order valence-electron chi connectivity index (χ2n) is 4.07. The van der Waals surface area contributed by atoms with E-state index < -0.39 is 0 Å². The van der Waals surface area contributed by atoms with Crippen LogP contribution < -0.4 is 10.1 Å². The molecular formula is C16H14N2O3. The summed E-state index contributed by atoms with van der Waals surface area (Å²) in [5.41, 5.74) is 1.17. The Hall–Kier alpha value is -2.84. The summed E-state index contributed by atoms with van der Waals surface area (Å²) in [6.45, 7) is -0.212. The molecule has 1 aromatic carbocycles. The number of aliphatic hydroxyl groups excluding tert-OH is 1. The van der Waals surface area contributed by atoms with Gasteiger partial charge >= 0.3 is 0 Å². The Morgan fingerprint density at radius 1 is 1.33 bits per heavy atom. The van der Waals surface area contributed by atoms with Crippen molar-refractivity contribution in [2.45, 2.75) is 0 Å². The number of aromatic nitrogens is 1. The van der Waals surface area contributed by atoms with Gasteiger partial charge in [0, 0.05) is 17.3 Å². The number of pyridine rings is 1. The molecule has 5 nitrogen and oxygen atoms in total. The predicted molar refractivity (Wildman–Crippen MR) is 79.1 cm³/mol. The molecule has 0 atom stereocenters. The third-order valence-electron chi connectivity index (χ3n) is 2.67. The number of anilines is 1. The summed E-state index contributed by atoms with van der Waals surface area (Å²) in [5, 5.41) is 11.4. The van der Waals surface area contributed by atoms with Crippen LogP contribution in [0.3, 0.4) is 0 Å². The van der Waals surface area contributed by atoms with E-state index in [1.165, 1.54) is 0 Å². The highest BCUT2D eigenvalue weighted by Gasteiger charge is 2.07. The van der Waals surface area contributed by atoms with Gasteiger partial charge in [0.05, 0.1) is 7.11 Å². The second kappa shape index (κ2) is 7.08. The van der Waals surface area contributed by atoms with Crippen LogP contribution in [0.4, 0.5) is 5.82 Å². The minimum atomic E-state index is -0.266. The number of carbonyl (C=O) groups is 1. The predicted octanol–water partition coefficient (Wildman–Crippen LogP) is 1.69. The lowest BCUT2D eigenvalue weighted by molar-refractivity contribution is 0.102. The van der Waals surface area contributed by atoms with Gasteiger partial charge in [0.15, 0.2) is 0 Å². The number of aliphatic hydroxyl groups is 1. The smallest absolute Gasteiger partial charge is 0.256 e. The number of amides is 1. The van der Waals surface area contributed by atoms with Crippen molar-refractivity contribution in [1.29, 1.82) is 0 Å². The van der Waals surface area contributed by atoms with Gasteiger partial charge in [-0.05, 0) is 36.4 Å². The van der Waals surface area contributed by atoms with E-state index in [0.29, 0.717) is 22.7 Å². The highest BCUT2D eigenvalue weighted by molar-refractivity contribution is 6.03. The van der Waals surface area contributed by atoms with Gasteiger partial charge in [-0.2, -0.15) is 0 Å². The van der Waals surface area contributed by atoms with Gasteiger partial charge in [-0.25, -0.2) is 4.98 Å². The van der Waals surface area contributed by atoms with Crippen LogP contribution >= 0.6 is 0 Å². The number of benzene rings is 1. The number of nitrogens with zero attached hydrogens (tertiary/aromatic N) is 1. The molecule has 106 valence electrons. The minimum Gasteiger partial charge on any atom is -0.497 e. The summed E-state index contributed by atoms with van der Waals surface area (Å²) < 4.78 is 5.04. The monoisotopic (exact) mass is 282 g/mol. The zero-order valence-electron chi connectivity index (χ0n) is 11.5. The summed E-state index contributed by atoms with van der Waals surface area (Å²) in [6.07, 6.45) is 1.55. The fourth-order valence-electron chi connectivity index (χ4n) is 1.65. The Balaban J connectivity index is 2.11. The average molecular weight is 282 g/mol. The van der Waals surface area contributed by atoms with Crippen molar-refractivity contribution in [3.8, 4) is 17.6 Å². The fraction of sp³-hybridized carbons (Fsp3) is 0.125. The molecule has 0 saturated heterocycles. The van der Waals surface area contributed by atoms with E-state index in [-0.39, 0.29) is 12.5 Å². The largest absolute Gasteiger partial charge is 0.497 e. The van der Waals surface area contributed by atoms with Gasteiger partial charge in [0.1, 0.15) is 18.2 Å². The van der Waals surface area contributed by atoms with E-state index in [4.69, 9.17) is 9.84 Å². The molecule has 5 heteroatoms. The lowest BCUT2D eigenvalue weighted by Crippen LogP contribution is -2.12. The number of carbonyl (C=O) groups excluding carboxylic acids is 1. The van der Waals surface area contributed by atoms with Crippen LogP contribution in [0.25, 0.3) is 0 Å². The maximum Gasteiger partial charge on any atom is 0.256 e. The van der Waals surface area contributed by atoms with Crippen LogP contribution in [0.1, 0.15) is 15.9 Å². The van der Waals surface area contributed by atoms with Crippen molar-refractivity contribution >= 4 is 11.7 Å². The van der Waals surface area contributed by atoms with Crippen molar-refractivity contribution in [3.63, 3.8) is 0 Å². The van der Waals surface area contributed by atoms with Crippen molar-refractivity contribution in [1.82, 2.24) is 4.98 Å². The number of methoxy groups -OCH3 is 1.